The van der Waals surface area contributed by atoms with Gasteiger partial charge in [-0.15, -0.1) is 0 Å². The van der Waals surface area contributed by atoms with E-state index in [0.717, 1.165) is 54.4 Å². The van der Waals surface area contributed by atoms with Crippen molar-refractivity contribution in [2.24, 2.45) is 11.1 Å². The van der Waals surface area contributed by atoms with E-state index in [-0.39, 0.29) is 17.3 Å². The summed E-state index contributed by atoms with van der Waals surface area (Å²) >= 11 is 7.55. The van der Waals surface area contributed by atoms with Crippen molar-refractivity contribution in [3.05, 3.63) is 47.1 Å². The molecule has 1 unspecified atom stereocenters. The molecule has 1 fully saturated rings. The van der Waals surface area contributed by atoms with Crippen LogP contribution in [-0.2, 0) is 6.42 Å². The first-order valence-electron chi connectivity index (χ1n) is 9.74. The molecule has 5 rings (SSSR count). The van der Waals surface area contributed by atoms with Crippen LogP contribution in [0.1, 0.15) is 30.2 Å². The van der Waals surface area contributed by atoms with Crippen molar-refractivity contribution in [3.63, 3.8) is 0 Å². The highest BCUT2D eigenvalue weighted by molar-refractivity contribution is 7.99. The third-order valence-electron chi connectivity index (χ3n) is 6.21. The molecule has 0 radical (unpaired) electrons. The smallest absolute Gasteiger partial charge is 0.158 e. The number of anilines is 3. The number of hydrogen-bond acceptors (Lipinski definition) is 9. The van der Waals surface area contributed by atoms with Crippen LogP contribution < -0.4 is 22.1 Å². The molecule has 0 bridgehead atoms. The molecule has 8 nitrogen and oxygen atoms in total. The summed E-state index contributed by atoms with van der Waals surface area (Å²) in [4.78, 5) is 16.0. The number of piperidine rings is 1. The number of halogens is 1. The summed E-state index contributed by atoms with van der Waals surface area (Å²) in [5, 5.41) is 0.975. The van der Waals surface area contributed by atoms with E-state index in [9.17, 15) is 0 Å². The van der Waals surface area contributed by atoms with Gasteiger partial charge in [0.05, 0.1) is 17.5 Å². The number of hydrogen-bond donors (Lipinski definition) is 3. The standard InChI is InChI=1S/C20H22ClN7OS/c21-15-13(1-5-25-17(15)23)30-19-18(24)27-14(10-26-19)28-6-3-20(4-7-28)9-12-11(16(20)22)2-8-29-12/h1-2,5,8,10,16H,3-4,6-7,9,22H2,(H2,23,25)(H2,24,27). The monoisotopic (exact) mass is 443 g/mol. The van der Waals surface area contributed by atoms with Crippen LogP contribution in [0.5, 0.6) is 0 Å². The van der Waals surface area contributed by atoms with Gasteiger partial charge in [0.25, 0.3) is 0 Å². The Morgan fingerprint density at radius 2 is 1.97 bits per heavy atom. The number of fused-ring (bicyclic) bond motifs is 1. The number of pyridine rings is 1. The maximum atomic E-state index is 6.57. The van der Waals surface area contributed by atoms with E-state index in [1.807, 2.05) is 6.07 Å². The van der Waals surface area contributed by atoms with Crippen LogP contribution in [0, 0.1) is 5.41 Å². The van der Waals surface area contributed by atoms with E-state index in [4.69, 9.17) is 33.2 Å². The number of furan rings is 1. The third-order valence-corrected chi connectivity index (χ3v) is 7.79. The van der Waals surface area contributed by atoms with E-state index < -0.39 is 0 Å². The average Bonchev–Trinajstić information content (AvgIpc) is 3.29. The summed E-state index contributed by atoms with van der Waals surface area (Å²) in [6.45, 7) is 1.70. The van der Waals surface area contributed by atoms with Gasteiger partial charge in [0, 0.05) is 47.6 Å². The van der Waals surface area contributed by atoms with Gasteiger partial charge in [0.2, 0.25) is 0 Å². The highest BCUT2D eigenvalue weighted by Crippen LogP contribution is 2.51. The molecule has 2 aliphatic rings. The zero-order valence-electron chi connectivity index (χ0n) is 16.2. The van der Waals surface area contributed by atoms with E-state index >= 15 is 0 Å². The SMILES string of the molecule is Nc1nc(N2CCC3(CC2)Cc2occc2C3N)cnc1Sc1ccnc(N)c1Cl. The molecule has 10 heteroatoms. The van der Waals surface area contributed by atoms with Gasteiger partial charge in [0.1, 0.15) is 22.4 Å². The van der Waals surface area contributed by atoms with E-state index in [2.05, 4.69) is 19.9 Å². The minimum Gasteiger partial charge on any atom is -0.469 e. The molecule has 6 N–H and O–H groups in total. The summed E-state index contributed by atoms with van der Waals surface area (Å²) in [5.74, 6) is 2.45. The second-order valence-corrected chi connectivity index (χ2v) is 9.24. The number of rotatable bonds is 3. The molecule has 1 aliphatic heterocycles. The molecule has 3 aromatic heterocycles. The molecule has 1 atom stereocenters. The molecule has 4 heterocycles. The van der Waals surface area contributed by atoms with Crippen LogP contribution in [0.3, 0.4) is 0 Å². The molecule has 1 aliphatic carbocycles. The molecule has 1 spiro atoms. The minimum atomic E-state index is 0.0286. The Morgan fingerprint density at radius 3 is 2.70 bits per heavy atom. The molecule has 0 amide bonds. The zero-order chi connectivity index (χ0) is 20.9. The molecule has 1 saturated heterocycles. The summed E-state index contributed by atoms with van der Waals surface area (Å²) in [7, 11) is 0. The van der Waals surface area contributed by atoms with Crippen LogP contribution in [-0.4, -0.2) is 28.0 Å². The largest absolute Gasteiger partial charge is 0.469 e. The first-order chi connectivity index (χ1) is 14.5. The average molecular weight is 444 g/mol. The van der Waals surface area contributed by atoms with Crippen molar-refractivity contribution < 1.29 is 4.42 Å². The lowest BCUT2D eigenvalue weighted by Crippen LogP contribution is -2.44. The molecule has 156 valence electrons. The Bertz CT molecular complexity index is 1100. The minimum absolute atomic E-state index is 0.0286. The summed E-state index contributed by atoms with van der Waals surface area (Å²) in [6, 6.07) is 3.81. The first kappa shape index (κ1) is 19.5. The summed E-state index contributed by atoms with van der Waals surface area (Å²) in [6.07, 6.45) is 7.95. The van der Waals surface area contributed by atoms with Crippen LogP contribution in [0.2, 0.25) is 5.02 Å². The maximum Gasteiger partial charge on any atom is 0.158 e. The molecule has 0 aromatic carbocycles. The van der Waals surface area contributed by atoms with E-state index in [1.165, 1.54) is 11.8 Å². The van der Waals surface area contributed by atoms with Gasteiger partial charge in [-0.1, -0.05) is 23.4 Å². The Hall–Kier alpha value is -2.49. The normalized spacial score (nSPS) is 19.9. The zero-order valence-corrected chi connectivity index (χ0v) is 17.8. The highest BCUT2D eigenvalue weighted by Gasteiger charge is 2.47. The van der Waals surface area contributed by atoms with Gasteiger partial charge < -0.3 is 26.5 Å². The molecular weight excluding hydrogens is 422 g/mol. The van der Waals surface area contributed by atoms with Crippen molar-refractivity contribution >= 4 is 40.8 Å². The predicted molar refractivity (Wildman–Crippen MR) is 117 cm³/mol. The number of nitrogens with zero attached hydrogens (tertiary/aromatic N) is 4. The highest BCUT2D eigenvalue weighted by atomic mass is 35.5. The third kappa shape index (κ3) is 3.17. The Kier molecular flexibility index (Phi) is 4.76. The topological polar surface area (TPSA) is 133 Å². The van der Waals surface area contributed by atoms with Gasteiger partial charge in [-0.2, -0.15) is 0 Å². The van der Waals surface area contributed by atoms with Crippen LogP contribution >= 0.6 is 23.4 Å². The predicted octanol–water partition coefficient (Wildman–Crippen LogP) is 3.28. The molecular formula is C20H22ClN7OS. The summed E-state index contributed by atoms with van der Waals surface area (Å²) < 4.78 is 5.62. The number of nitrogens with two attached hydrogens (primary N) is 3. The van der Waals surface area contributed by atoms with Crippen molar-refractivity contribution in [1.82, 2.24) is 15.0 Å². The number of nitrogen functional groups attached to an aromatic ring is 2. The lowest BCUT2D eigenvalue weighted by atomic mass is 9.73. The second kappa shape index (κ2) is 7.33. The Labute approximate surface area is 183 Å². The fourth-order valence-electron chi connectivity index (χ4n) is 4.44. The Morgan fingerprint density at radius 1 is 1.17 bits per heavy atom. The van der Waals surface area contributed by atoms with Gasteiger partial charge >= 0.3 is 0 Å². The van der Waals surface area contributed by atoms with Crippen molar-refractivity contribution in [2.75, 3.05) is 29.5 Å². The van der Waals surface area contributed by atoms with Crippen LogP contribution in [0.4, 0.5) is 17.5 Å². The Balaban J connectivity index is 1.29. The van der Waals surface area contributed by atoms with E-state index in [1.54, 1.807) is 24.7 Å². The van der Waals surface area contributed by atoms with Crippen LogP contribution in [0.15, 0.2) is 45.1 Å². The van der Waals surface area contributed by atoms with Gasteiger partial charge in [-0.3, -0.25) is 0 Å². The fraction of sp³-hybridized carbons (Fsp3) is 0.350. The quantitative estimate of drug-likeness (QED) is 0.557. The summed E-state index contributed by atoms with van der Waals surface area (Å²) in [5.41, 5.74) is 19.8. The fourth-order valence-corrected chi connectivity index (χ4v) is 5.45. The molecule has 0 saturated carbocycles. The molecule has 30 heavy (non-hydrogen) atoms. The van der Waals surface area contributed by atoms with Crippen LogP contribution in [0.25, 0.3) is 0 Å². The lowest BCUT2D eigenvalue weighted by molar-refractivity contribution is 0.181. The van der Waals surface area contributed by atoms with Gasteiger partial charge in [-0.05, 0) is 25.0 Å². The van der Waals surface area contributed by atoms with Crippen molar-refractivity contribution in [3.8, 4) is 0 Å². The maximum absolute atomic E-state index is 6.57. The lowest BCUT2D eigenvalue weighted by Gasteiger charge is -2.42. The van der Waals surface area contributed by atoms with Gasteiger partial charge in [0.15, 0.2) is 5.82 Å². The van der Waals surface area contributed by atoms with Crippen molar-refractivity contribution in [1.29, 1.82) is 0 Å². The number of aromatic nitrogens is 3. The molecule has 3 aromatic rings. The van der Waals surface area contributed by atoms with Gasteiger partial charge in [-0.25, -0.2) is 15.0 Å². The van der Waals surface area contributed by atoms with Crippen molar-refractivity contribution in [2.45, 2.75) is 35.2 Å². The first-order valence-corrected chi connectivity index (χ1v) is 10.9. The second-order valence-electron chi connectivity index (χ2n) is 7.83. The van der Waals surface area contributed by atoms with E-state index in [0.29, 0.717) is 15.9 Å².